The molecule has 0 fully saturated rings. The number of furan rings is 1. The molecule has 0 saturated carbocycles. The average Bonchev–Trinajstić information content (AvgIpc) is 2.76. The molecule has 0 saturated heterocycles. The average molecular weight is 325 g/mol. The number of aromatic carboxylic acids is 1. The van der Waals surface area contributed by atoms with E-state index in [1.165, 1.54) is 6.07 Å². The third-order valence-electron chi connectivity index (χ3n) is 2.43. The van der Waals surface area contributed by atoms with Gasteiger partial charge >= 0.3 is 12.1 Å². The minimum absolute atomic E-state index is 0.00818. The minimum atomic E-state index is -4.58. The van der Waals surface area contributed by atoms with Crippen molar-refractivity contribution in [1.29, 1.82) is 0 Å². The first kappa shape index (κ1) is 14.7. The number of rotatable bonds is 2. The van der Waals surface area contributed by atoms with Gasteiger partial charge in [-0.05, 0) is 24.3 Å². The number of halogens is 5. The van der Waals surface area contributed by atoms with E-state index in [1.807, 2.05) is 0 Å². The summed E-state index contributed by atoms with van der Waals surface area (Å²) in [6.07, 6.45) is -4.58. The van der Waals surface area contributed by atoms with Crippen molar-refractivity contribution < 1.29 is 27.5 Å². The standard InChI is InChI=1S/C12H5Cl2F3O3/c13-6-3-5(12(15,16)17)4-7(14)10(6)8-1-2-9(20-8)11(18)19/h1-4H,(H,18,19). The molecule has 0 amide bonds. The van der Waals surface area contributed by atoms with Crippen LogP contribution in [0.3, 0.4) is 0 Å². The van der Waals surface area contributed by atoms with Crippen LogP contribution in [0, 0.1) is 0 Å². The molecule has 1 heterocycles. The number of hydrogen-bond acceptors (Lipinski definition) is 2. The Balaban J connectivity index is 2.55. The van der Waals surface area contributed by atoms with Gasteiger partial charge in [-0.15, -0.1) is 0 Å². The summed E-state index contributed by atoms with van der Waals surface area (Å²) in [4.78, 5) is 10.7. The maximum atomic E-state index is 12.6. The molecule has 1 aromatic heterocycles. The summed E-state index contributed by atoms with van der Waals surface area (Å²) in [5, 5.41) is 8.16. The molecule has 2 rings (SSSR count). The SMILES string of the molecule is O=C(O)c1ccc(-c2c(Cl)cc(C(F)(F)F)cc2Cl)o1. The Hall–Kier alpha value is -1.66. The van der Waals surface area contributed by atoms with Crippen LogP contribution in [-0.2, 0) is 6.18 Å². The topological polar surface area (TPSA) is 50.4 Å². The normalized spacial score (nSPS) is 11.7. The van der Waals surface area contributed by atoms with E-state index in [9.17, 15) is 18.0 Å². The fourth-order valence-electron chi connectivity index (χ4n) is 1.56. The van der Waals surface area contributed by atoms with Crippen LogP contribution < -0.4 is 0 Å². The first-order chi connectivity index (χ1) is 9.20. The molecule has 0 spiro atoms. The summed E-state index contributed by atoms with van der Waals surface area (Å²) in [5.41, 5.74) is -0.991. The molecule has 106 valence electrons. The third kappa shape index (κ3) is 2.76. The van der Waals surface area contributed by atoms with E-state index in [0.29, 0.717) is 12.1 Å². The molecule has 8 heteroatoms. The smallest absolute Gasteiger partial charge is 0.416 e. The summed E-state index contributed by atoms with van der Waals surface area (Å²) in [6, 6.07) is 3.82. The zero-order valence-corrected chi connectivity index (χ0v) is 11.0. The van der Waals surface area contributed by atoms with Gasteiger partial charge in [-0.2, -0.15) is 13.2 Å². The summed E-state index contributed by atoms with van der Waals surface area (Å²) in [5.74, 6) is -1.70. The van der Waals surface area contributed by atoms with E-state index < -0.39 is 17.7 Å². The molecule has 20 heavy (non-hydrogen) atoms. The Morgan fingerprint density at radius 3 is 2.10 bits per heavy atom. The molecule has 0 unspecified atom stereocenters. The van der Waals surface area contributed by atoms with Crippen LogP contribution in [0.25, 0.3) is 11.3 Å². The molecule has 0 radical (unpaired) electrons. The van der Waals surface area contributed by atoms with E-state index in [4.69, 9.17) is 32.7 Å². The lowest BCUT2D eigenvalue weighted by molar-refractivity contribution is -0.137. The molecule has 0 aliphatic rings. The molecule has 0 bridgehead atoms. The van der Waals surface area contributed by atoms with Crippen molar-refractivity contribution >= 4 is 29.2 Å². The van der Waals surface area contributed by atoms with Crippen molar-refractivity contribution in [3.63, 3.8) is 0 Å². The highest BCUT2D eigenvalue weighted by molar-refractivity contribution is 6.39. The second kappa shape index (κ2) is 5.03. The van der Waals surface area contributed by atoms with Crippen molar-refractivity contribution in [3.05, 3.63) is 45.6 Å². The van der Waals surface area contributed by atoms with Gasteiger partial charge in [0, 0.05) is 0 Å². The van der Waals surface area contributed by atoms with Gasteiger partial charge in [0.05, 0.1) is 21.2 Å². The zero-order chi connectivity index (χ0) is 15.1. The largest absolute Gasteiger partial charge is 0.475 e. The van der Waals surface area contributed by atoms with Crippen LogP contribution >= 0.6 is 23.2 Å². The number of carboxylic acids is 1. The van der Waals surface area contributed by atoms with E-state index in [-0.39, 0.29) is 27.1 Å². The van der Waals surface area contributed by atoms with Crippen LogP contribution in [0.15, 0.2) is 28.7 Å². The minimum Gasteiger partial charge on any atom is -0.475 e. The lowest BCUT2D eigenvalue weighted by Gasteiger charge is -2.10. The number of carbonyl (C=O) groups is 1. The van der Waals surface area contributed by atoms with Gasteiger partial charge < -0.3 is 9.52 Å². The molecule has 1 N–H and O–H groups in total. The highest BCUT2D eigenvalue weighted by Gasteiger charge is 2.32. The second-order valence-electron chi connectivity index (χ2n) is 3.78. The fourth-order valence-corrected chi connectivity index (χ4v) is 2.23. The van der Waals surface area contributed by atoms with Gasteiger partial charge in [-0.3, -0.25) is 0 Å². The van der Waals surface area contributed by atoms with Gasteiger partial charge in [0.1, 0.15) is 5.76 Å². The first-order valence-electron chi connectivity index (χ1n) is 5.10. The van der Waals surface area contributed by atoms with Crippen LogP contribution in [-0.4, -0.2) is 11.1 Å². The van der Waals surface area contributed by atoms with Gasteiger partial charge in [0.15, 0.2) is 0 Å². The molecule has 0 atom stereocenters. The van der Waals surface area contributed by atoms with Gasteiger partial charge in [-0.25, -0.2) is 4.79 Å². The summed E-state index contributed by atoms with van der Waals surface area (Å²) >= 11 is 11.5. The van der Waals surface area contributed by atoms with Crippen LogP contribution in [0.5, 0.6) is 0 Å². The zero-order valence-electron chi connectivity index (χ0n) is 9.46. The second-order valence-corrected chi connectivity index (χ2v) is 4.60. The van der Waals surface area contributed by atoms with E-state index in [1.54, 1.807) is 0 Å². The Labute approximate surface area is 120 Å². The lowest BCUT2D eigenvalue weighted by atomic mass is 10.1. The number of alkyl halides is 3. The molecule has 0 aliphatic heterocycles. The maximum absolute atomic E-state index is 12.6. The summed E-state index contributed by atoms with van der Waals surface area (Å²) < 4.78 is 42.7. The molecule has 2 aromatic rings. The predicted molar refractivity (Wildman–Crippen MR) is 66.1 cm³/mol. The van der Waals surface area contributed by atoms with Crippen LogP contribution in [0.1, 0.15) is 16.1 Å². The van der Waals surface area contributed by atoms with Crippen LogP contribution in [0.4, 0.5) is 13.2 Å². The fraction of sp³-hybridized carbons (Fsp3) is 0.0833. The van der Waals surface area contributed by atoms with Crippen molar-refractivity contribution in [2.45, 2.75) is 6.18 Å². The Morgan fingerprint density at radius 2 is 1.70 bits per heavy atom. The number of benzene rings is 1. The predicted octanol–water partition coefficient (Wildman–Crippen LogP) is 4.97. The van der Waals surface area contributed by atoms with E-state index >= 15 is 0 Å². The summed E-state index contributed by atoms with van der Waals surface area (Å²) in [7, 11) is 0. The Bertz CT molecular complexity index is 654. The van der Waals surface area contributed by atoms with Crippen molar-refractivity contribution in [2.24, 2.45) is 0 Å². The van der Waals surface area contributed by atoms with E-state index in [0.717, 1.165) is 6.07 Å². The van der Waals surface area contributed by atoms with Crippen molar-refractivity contribution in [2.75, 3.05) is 0 Å². The highest BCUT2D eigenvalue weighted by Crippen LogP contribution is 2.40. The molecular weight excluding hydrogens is 320 g/mol. The first-order valence-corrected chi connectivity index (χ1v) is 5.85. The Morgan fingerprint density at radius 1 is 1.15 bits per heavy atom. The molecule has 1 aromatic carbocycles. The van der Waals surface area contributed by atoms with Gasteiger partial charge in [0.2, 0.25) is 5.76 Å². The highest BCUT2D eigenvalue weighted by atomic mass is 35.5. The number of hydrogen-bond donors (Lipinski definition) is 1. The molecule has 0 aliphatic carbocycles. The lowest BCUT2D eigenvalue weighted by Crippen LogP contribution is -2.05. The van der Waals surface area contributed by atoms with E-state index in [2.05, 4.69) is 0 Å². The van der Waals surface area contributed by atoms with Crippen molar-refractivity contribution in [1.82, 2.24) is 0 Å². The molecular formula is C12H5Cl2F3O3. The van der Waals surface area contributed by atoms with Gasteiger partial charge in [-0.1, -0.05) is 23.2 Å². The maximum Gasteiger partial charge on any atom is 0.416 e. The third-order valence-corrected chi connectivity index (χ3v) is 3.03. The Kier molecular flexibility index (Phi) is 3.71. The monoisotopic (exact) mass is 324 g/mol. The van der Waals surface area contributed by atoms with Gasteiger partial charge in [0.25, 0.3) is 0 Å². The number of carboxylic acid groups (broad SMARTS) is 1. The van der Waals surface area contributed by atoms with Crippen LogP contribution in [0.2, 0.25) is 10.0 Å². The molecule has 3 nitrogen and oxygen atoms in total. The van der Waals surface area contributed by atoms with Crippen molar-refractivity contribution in [3.8, 4) is 11.3 Å². The summed E-state index contributed by atoms with van der Waals surface area (Å²) in [6.45, 7) is 0. The quantitative estimate of drug-likeness (QED) is 0.848.